The molecule has 0 bridgehead atoms. The van der Waals surface area contributed by atoms with Crippen molar-refractivity contribution in [3.8, 4) is 0 Å². The van der Waals surface area contributed by atoms with E-state index in [-0.39, 0.29) is 59.3 Å². The zero-order valence-electron chi connectivity index (χ0n) is 72.0. The molecule has 4 aromatic heterocycles. The van der Waals surface area contributed by atoms with E-state index in [1.807, 2.05) is 36.7 Å². The normalized spacial score (nSPS) is 39.8. The van der Waals surface area contributed by atoms with E-state index in [0.717, 1.165) is 161 Å². The number of aromatic nitrogens is 12. The standard InChI is InChI=1S/C25H35N3O4.C24H33N3O4.C23H31N3O4.C22H29N3O4/c1-24-11-9-19-18-8-6-17(29)14-16(18)5-7-20(19)21(24)10-12-25(24,31)22-15-28(27-26-22)13-3-4-23(30)32-2;1-23-10-8-18-17-7-5-16(28)13-15(17)4-6-19(18)20(23)9-11-24(23,31)21-14-27(26-25-21)12-2-3-22(29)30;1-22-9-6-17-16-5-3-15(27)12-14(16)2-4-18(17)19(22)7-10-23(22,30)20-13-26(25-24-20)11-8-21(28)29;1-21-8-6-16-15-5-3-14(26)10-13(15)2-4-17(16)18(21)7-9-22(21,29)19-11-25(24-23-19)12-20(27)28/h14-15,18-21,31H,3-13H2,1-2H3;13-14,17-20,31H,2-12H2,1H3,(H,29,30);12-13,16-19,30H,2-11H2,1H3,(H,28,29);10-11,15-18,29H,2-9,12H2,1H3,(H,27,28)/t18?,19?,20?,21?,24-,25+;17?,18?,19?,20?,23-,24+;16?,17?,18?,19?,22-,23+;15?,16?,17?,18?,21-,22+/m0000/s1. The van der Waals surface area contributed by atoms with Gasteiger partial charge in [0.05, 0.1) is 44.9 Å². The Morgan fingerprint density at radius 2 is 0.623 bits per heavy atom. The van der Waals surface area contributed by atoms with Crippen LogP contribution < -0.4 is 0 Å². The van der Waals surface area contributed by atoms with Crippen LogP contribution in [-0.4, -0.2) is 150 Å². The Bertz CT molecular complexity index is 4840. The van der Waals surface area contributed by atoms with Crippen molar-refractivity contribution in [2.75, 3.05) is 7.11 Å². The average Bonchev–Trinajstić information content (AvgIpc) is 1.55. The van der Waals surface area contributed by atoms with Crippen LogP contribution in [0.15, 0.2) is 71.4 Å². The number of nitrogens with zero attached hydrogens (tertiary/aromatic N) is 12. The summed E-state index contributed by atoms with van der Waals surface area (Å²) in [6.07, 6.45) is 46.7. The first-order valence-electron chi connectivity index (χ1n) is 46.5. The fourth-order valence-corrected chi connectivity index (χ4v) is 30.1. The van der Waals surface area contributed by atoms with Crippen LogP contribution in [0.4, 0.5) is 0 Å². The fraction of sp³-hybridized carbons (Fsp3) is 0.745. The molecule has 660 valence electrons. The Hall–Kier alpha value is -8.08. The number of fused-ring (bicyclic) bond motifs is 20. The Balaban J connectivity index is 0.000000116. The van der Waals surface area contributed by atoms with E-state index >= 15 is 0 Å². The van der Waals surface area contributed by atoms with E-state index < -0.39 is 40.3 Å². The van der Waals surface area contributed by atoms with Crippen LogP contribution in [0.5, 0.6) is 0 Å². The number of aryl methyl sites for hydroxylation is 3. The number of carboxylic acids is 3. The highest BCUT2D eigenvalue weighted by molar-refractivity contribution is 5.93. The largest absolute Gasteiger partial charge is 0.481 e. The summed E-state index contributed by atoms with van der Waals surface area (Å²) in [7, 11) is 1.40. The number of aliphatic carboxylic acids is 3. The molecule has 20 rings (SSSR count). The number of methoxy groups -OCH3 is 1. The summed E-state index contributed by atoms with van der Waals surface area (Å²) in [6, 6.07) is 0. The van der Waals surface area contributed by atoms with Gasteiger partial charge in [-0.25, -0.2) is 4.68 Å². The lowest BCUT2D eigenvalue weighted by molar-refractivity contribution is -0.141. The molecular weight excluding hydrogens is 1550 g/mol. The summed E-state index contributed by atoms with van der Waals surface area (Å²) >= 11 is 0. The van der Waals surface area contributed by atoms with Gasteiger partial charge in [0.1, 0.15) is 51.7 Å². The summed E-state index contributed by atoms with van der Waals surface area (Å²) in [5.74, 6) is 7.29. The molecule has 0 spiro atoms. The Kier molecular flexibility index (Phi) is 23.5. The van der Waals surface area contributed by atoms with Crippen molar-refractivity contribution in [1.82, 2.24) is 60.0 Å². The number of aliphatic hydroxyl groups is 4. The monoisotopic (exact) mass is 1680 g/mol. The van der Waals surface area contributed by atoms with Crippen molar-refractivity contribution in [2.24, 2.45) is 116 Å². The van der Waals surface area contributed by atoms with Crippen LogP contribution in [0.25, 0.3) is 0 Å². The highest BCUT2D eigenvalue weighted by atomic mass is 16.5. The zero-order chi connectivity index (χ0) is 85.8. The molecule has 4 heterocycles. The molecule has 0 radical (unpaired) electrons. The van der Waals surface area contributed by atoms with Crippen molar-refractivity contribution >= 4 is 47.0 Å². The molecule has 0 aliphatic heterocycles. The fourth-order valence-electron chi connectivity index (χ4n) is 30.1. The molecule has 122 heavy (non-hydrogen) atoms. The van der Waals surface area contributed by atoms with E-state index in [2.05, 4.69) is 68.9 Å². The van der Waals surface area contributed by atoms with Gasteiger partial charge >= 0.3 is 23.9 Å². The number of ether oxygens (including phenoxy) is 1. The average molecular weight is 1680 g/mol. The maximum atomic E-state index is 12.0. The molecule has 7 N–H and O–H groups in total. The predicted octanol–water partition coefficient (Wildman–Crippen LogP) is 12.8. The van der Waals surface area contributed by atoms with Gasteiger partial charge in [-0.15, -0.1) is 20.4 Å². The van der Waals surface area contributed by atoms with Gasteiger partial charge < -0.3 is 40.5 Å². The molecule has 16 unspecified atom stereocenters. The summed E-state index contributed by atoms with van der Waals surface area (Å²) in [5.41, 5.74) is 3.03. The number of allylic oxidation sites excluding steroid dienone is 4. The van der Waals surface area contributed by atoms with E-state index in [4.69, 9.17) is 20.1 Å². The second kappa shape index (κ2) is 33.4. The number of esters is 1. The number of carboxylic acid groups (broad SMARTS) is 3. The molecule has 24 atom stereocenters. The molecule has 4 aromatic rings. The summed E-state index contributed by atoms with van der Waals surface area (Å²) in [6.45, 7) is 10.0. The predicted molar refractivity (Wildman–Crippen MR) is 442 cm³/mol. The van der Waals surface area contributed by atoms with Crippen molar-refractivity contribution < 1.29 is 78.8 Å². The van der Waals surface area contributed by atoms with Gasteiger partial charge in [-0.2, -0.15) is 0 Å². The van der Waals surface area contributed by atoms with Crippen LogP contribution >= 0.6 is 0 Å². The molecule has 16 aliphatic carbocycles. The Labute approximate surface area is 713 Å². The SMILES string of the molecule is COC(=O)CCCn1cc([C@]2(O)CCC3C4CCC5=CC(=O)CCC5C4CC[C@@]32C)nn1.C[C@]12CCC3C4CCC(=O)C=C4CCC3C1CC[C@@]2(O)c1cn(CC(=O)O)nn1.C[C@]12CCC3C4CCC(=O)C=C4CCC3C1CC[C@@]2(O)c1cn(CCC(=O)O)nn1.C[C@]12CCC3C4CCC(=O)C=C4CCC3C1CC[C@@]2(O)c1cn(CCCC(=O)O)nn1. The van der Waals surface area contributed by atoms with Crippen molar-refractivity contribution in [3.63, 3.8) is 0 Å². The number of rotatable bonds is 17. The van der Waals surface area contributed by atoms with Crippen LogP contribution in [-0.2, 0) is 91.7 Å². The third-order valence-corrected chi connectivity index (χ3v) is 36.3. The summed E-state index contributed by atoms with van der Waals surface area (Å²) in [5, 5.41) is 108. The first-order chi connectivity index (χ1) is 58.3. The molecule has 28 heteroatoms. The number of carbonyl (C=O) groups excluding carboxylic acids is 5. The van der Waals surface area contributed by atoms with Gasteiger partial charge in [-0.05, 0) is 312 Å². The maximum Gasteiger partial charge on any atom is 0.325 e. The molecule has 16 aliphatic rings. The molecule has 12 fully saturated rings. The second-order valence-electron chi connectivity index (χ2n) is 41.3. The molecule has 0 aromatic carbocycles. The van der Waals surface area contributed by atoms with E-state index in [9.17, 15) is 58.8 Å². The lowest BCUT2D eigenvalue weighted by atomic mass is 9.50. The van der Waals surface area contributed by atoms with Crippen LogP contribution in [0.1, 0.15) is 288 Å². The first-order valence-corrected chi connectivity index (χ1v) is 46.5. The van der Waals surface area contributed by atoms with Crippen molar-refractivity contribution in [3.05, 3.63) is 94.2 Å². The molecular formula is C94H128N12O16. The van der Waals surface area contributed by atoms with Gasteiger partial charge in [-0.3, -0.25) is 52.4 Å². The quantitative estimate of drug-likeness (QED) is 0.0483. The topological polar surface area (TPSA) is 410 Å². The molecule has 0 saturated heterocycles. The highest BCUT2D eigenvalue weighted by Gasteiger charge is 2.69. The van der Waals surface area contributed by atoms with Gasteiger partial charge in [0.2, 0.25) is 0 Å². The minimum atomic E-state index is -1.06. The van der Waals surface area contributed by atoms with E-state index in [1.54, 1.807) is 26.4 Å². The third-order valence-electron chi connectivity index (χ3n) is 36.3. The third kappa shape index (κ3) is 15.0. The maximum absolute atomic E-state index is 12.0. The second-order valence-corrected chi connectivity index (χ2v) is 41.3. The van der Waals surface area contributed by atoms with Gasteiger partial charge in [0.25, 0.3) is 0 Å². The lowest BCUT2D eigenvalue weighted by Gasteiger charge is -2.55. The van der Waals surface area contributed by atoms with Gasteiger partial charge in [0, 0.05) is 73.3 Å². The van der Waals surface area contributed by atoms with Crippen LogP contribution in [0.3, 0.4) is 0 Å². The van der Waals surface area contributed by atoms with Gasteiger partial charge in [0.15, 0.2) is 23.1 Å². The number of hydrogen-bond donors (Lipinski definition) is 7. The number of hydrogen-bond acceptors (Lipinski definition) is 21. The minimum absolute atomic E-state index is 0.00931. The minimum Gasteiger partial charge on any atom is -0.481 e. The summed E-state index contributed by atoms with van der Waals surface area (Å²) in [4.78, 5) is 91.5. The first kappa shape index (κ1) is 86.1. The number of ketones is 4. The van der Waals surface area contributed by atoms with Crippen molar-refractivity contribution in [1.29, 1.82) is 0 Å². The zero-order valence-corrected chi connectivity index (χ0v) is 72.0. The Morgan fingerprint density at radius 1 is 0.344 bits per heavy atom. The van der Waals surface area contributed by atoms with Crippen molar-refractivity contribution in [2.45, 2.75) is 314 Å². The number of carbonyl (C=O) groups is 8. The smallest absolute Gasteiger partial charge is 0.325 e. The highest BCUT2D eigenvalue weighted by Crippen LogP contribution is 2.72. The Morgan fingerprint density at radius 3 is 0.910 bits per heavy atom. The van der Waals surface area contributed by atoms with Gasteiger partial charge in [-0.1, -0.05) is 70.8 Å². The van der Waals surface area contributed by atoms with E-state index in [1.165, 1.54) is 34.1 Å². The van der Waals surface area contributed by atoms with E-state index in [0.29, 0.717) is 212 Å². The molecule has 28 nitrogen and oxygen atoms in total. The van der Waals surface area contributed by atoms with Crippen LogP contribution in [0.2, 0.25) is 0 Å². The molecule has 12 saturated carbocycles. The molecule has 0 amide bonds. The van der Waals surface area contributed by atoms with Crippen LogP contribution in [0, 0.1) is 116 Å². The lowest BCUT2D eigenvalue weighted by Crippen LogP contribution is -2.51. The summed E-state index contributed by atoms with van der Waals surface area (Å²) < 4.78 is 11.0.